The topological polar surface area (TPSA) is 84.5 Å². The van der Waals surface area contributed by atoms with Crippen LogP contribution >= 0.6 is 22.9 Å². The van der Waals surface area contributed by atoms with E-state index in [1.165, 1.54) is 18.4 Å². The number of hydrogen-bond donors (Lipinski definition) is 2. The first-order valence-electron chi connectivity index (χ1n) is 11.9. The van der Waals surface area contributed by atoms with Gasteiger partial charge >= 0.3 is 5.97 Å². The molecule has 0 saturated carbocycles. The standard InChI is InChI=1S/C27H27ClN2O4S/c1-14-21(25(32)30-26-23(27(33)34-2)17-9-3-4-12-20(17)35-26)22(15-7-5-8-16(28)13-15)24-18(29-14)10-6-11-19(24)31/h5,7-8,13,22,29H,3-4,6,9-12H2,1-2H3,(H,30,32)/t22-/m1/s1. The first-order valence-corrected chi connectivity index (χ1v) is 13.1. The zero-order valence-corrected chi connectivity index (χ0v) is 21.3. The number of methoxy groups -OCH3 is 1. The molecule has 2 heterocycles. The number of rotatable bonds is 4. The van der Waals surface area contributed by atoms with Crippen LogP contribution < -0.4 is 10.6 Å². The Morgan fingerprint density at radius 2 is 1.94 bits per heavy atom. The van der Waals surface area contributed by atoms with Gasteiger partial charge in [-0.05, 0) is 68.7 Å². The van der Waals surface area contributed by atoms with Crippen LogP contribution in [0.2, 0.25) is 5.02 Å². The number of carbonyl (C=O) groups is 3. The van der Waals surface area contributed by atoms with Crippen molar-refractivity contribution >= 4 is 45.6 Å². The summed E-state index contributed by atoms with van der Waals surface area (Å²) in [5.41, 5.74) is 4.90. The van der Waals surface area contributed by atoms with E-state index in [1.54, 1.807) is 6.07 Å². The van der Waals surface area contributed by atoms with Gasteiger partial charge in [0.15, 0.2) is 5.78 Å². The molecule has 8 heteroatoms. The van der Waals surface area contributed by atoms with Crippen molar-refractivity contribution in [1.29, 1.82) is 0 Å². The first-order chi connectivity index (χ1) is 16.9. The number of allylic oxidation sites excluding steroid dienone is 3. The predicted octanol–water partition coefficient (Wildman–Crippen LogP) is 5.67. The Balaban J connectivity index is 1.58. The summed E-state index contributed by atoms with van der Waals surface area (Å²) < 4.78 is 5.06. The minimum atomic E-state index is -0.533. The van der Waals surface area contributed by atoms with Crippen LogP contribution in [0.3, 0.4) is 0 Å². The summed E-state index contributed by atoms with van der Waals surface area (Å²) in [5, 5.41) is 7.41. The average Bonchev–Trinajstić information content (AvgIpc) is 3.20. The number of esters is 1. The highest BCUT2D eigenvalue weighted by Crippen LogP contribution is 2.44. The Kier molecular flexibility index (Phi) is 6.55. The molecule has 0 spiro atoms. The zero-order chi connectivity index (χ0) is 24.7. The number of fused-ring (bicyclic) bond motifs is 1. The van der Waals surface area contributed by atoms with E-state index in [4.69, 9.17) is 16.3 Å². The molecule has 1 aromatic heterocycles. The van der Waals surface area contributed by atoms with E-state index in [-0.39, 0.29) is 11.7 Å². The Hall–Kier alpha value is -2.90. The molecule has 0 bridgehead atoms. The minimum absolute atomic E-state index is 0.0448. The molecule has 182 valence electrons. The average molecular weight is 511 g/mol. The highest BCUT2D eigenvalue weighted by atomic mass is 35.5. The minimum Gasteiger partial charge on any atom is -0.465 e. The maximum Gasteiger partial charge on any atom is 0.341 e. The number of hydrogen-bond acceptors (Lipinski definition) is 6. The quantitative estimate of drug-likeness (QED) is 0.517. The van der Waals surface area contributed by atoms with E-state index < -0.39 is 11.9 Å². The number of carbonyl (C=O) groups excluding carboxylic acids is 3. The molecule has 3 aliphatic rings. The van der Waals surface area contributed by atoms with Gasteiger partial charge in [-0.2, -0.15) is 0 Å². The number of ether oxygens (including phenoxy) is 1. The van der Waals surface area contributed by atoms with E-state index in [0.29, 0.717) is 38.9 Å². The first kappa shape index (κ1) is 23.8. The number of dihydropyridines is 1. The summed E-state index contributed by atoms with van der Waals surface area (Å²) in [5.74, 6) is -1.27. The van der Waals surface area contributed by atoms with Gasteiger partial charge in [-0.25, -0.2) is 4.79 Å². The second-order valence-electron chi connectivity index (χ2n) is 9.18. The van der Waals surface area contributed by atoms with Gasteiger partial charge in [-0.15, -0.1) is 11.3 Å². The molecule has 0 radical (unpaired) electrons. The van der Waals surface area contributed by atoms with E-state index in [9.17, 15) is 14.4 Å². The molecule has 1 atom stereocenters. The van der Waals surface area contributed by atoms with Gasteiger partial charge in [-0.3, -0.25) is 9.59 Å². The Morgan fingerprint density at radius 3 is 2.71 bits per heavy atom. The lowest BCUT2D eigenvalue weighted by Gasteiger charge is -2.34. The van der Waals surface area contributed by atoms with E-state index in [0.717, 1.165) is 60.2 Å². The van der Waals surface area contributed by atoms with Crippen LogP contribution in [0.1, 0.15) is 71.3 Å². The molecule has 2 N–H and O–H groups in total. The largest absolute Gasteiger partial charge is 0.465 e. The third-order valence-corrected chi connectivity index (χ3v) is 8.43. The number of thiophene rings is 1. The van der Waals surface area contributed by atoms with Crippen LogP contribution in [0.4, 0.5) is 5.00 Å². The zero-order valence-electron chi connectivity index (χ0n) is 19.8. The van der Waals surface area contributed by atoms with Gasteiger partial charge in [-0.1, -0.05) is 23.7 Å². The maximum atomic E-state index is 13.9. The highest BCUT2D eigenvalue weighted by Gasteiger charge is 2.39. The van der Waals surface area contributed by atoms with Gasteiger partial charge < -0.3 is 15.4 Å². The number of ketones is 1. The summed E-state index contributed by atoms with van der Waals surface area (Å²) >= 11 is 7.76. The smallest absolute Gasteiger partial charge is 0.341 e. The van der Waals surface area contributed by atoms with Crippen LogP contribution in [0.15, 0.2) is 46.8 Å². The number of amides is 1. The summed E-state index contributed by atoms with van der Waals surface area (Å²) in [4.78, 5) is 40.8. The Labute approximate surface area is 213 Å². The molecular formula is C27H27ClN2O4S. The van der Waals surface area contributed by atoms with Crippen molar-refractivity contribution in [1.82, 2.24) is 5.32 Å². The van der Waals surface area contributed by atoms with E-state index in [2.05, 4.69) is 10.6 Å². The molecule has 35 heavy (non-hydrogen) atoms. The van der Waals surface area contributed by atoms with Crippen molar-refractivity contribution in [3.63, 3.8) is 0 Å². The SMILES string of the molecule is COC(=O)c1c(NC(=O)C2=C(C)NC3=C(C(=O)CCC3)[C@@H]2c2cccc(Cl)c2)sc2c1CCCC2. The molecule has 5 rings (SSSR count). The summed E-state index contributed by atoms with van der Waals surface area (Å²) in [7, 11) is 1.36. The van der Waals surface area contributed by atoms with Crippen molar-refractivity contribution in [2.24, 2.45) is 0 Å². The molecule has 6 nitrogen and oxygen atoms in total. The molecule has 0 saturated heterocycles. The predicted molar refractivity (Wildman–Crippen MR) is 137 cm³/mol. The third kappa shape index (κ3) is 4.32. The van der Waals surface area contributed by atoms with Gasteiger partial charge in [0.25, 0.3) is 5.91 Å². The lowest BCUT2D eigenvalue weighted by atomic mass is 9.75. The van der Waals surface area contributed by atoms with E-state index in [1.807, 2.05) is 25.1 Å². The van der Waals surface area contributed by atoms with Gasteiger partial charge in [0.2, 0.25) is 0 Å². The number of halogens is 1. The monoisotopic (exact) mass is 510 g/mol. The fraction of sp³-hybridized carbons (Fsp3) is 0.370. The van der Waals surface area contributed by atoms with Gasteiger partial charge in [0, 0.05) is 44.8 Å². The number of anilines is 1. The highest BCUT2D eigenvalue weighted by molar-refractivity contribution is 7.17. The van der Waals surface area contributed by atoms with Crippen LogP contribution in [0.25, 0.3) is 0 Å². The molecule has 2 aliphatic carbocycles. The number of aryl methyl sites for hydroxylation is 1. The Bertz CT molecular complexity index is 1310. The molecule has 0 fully saturated rings. The fourth-order valence-electron chi connectivity index (χ4n) is 5.45. The van der Waals surface area contributed by atoms with Crippen molar-refractivity contribution in [3.8, 4) is 0 Å². The number of Topliss-reactive ketones (excluding diaryl/α,β-unsaturated/α-hetero) is 1. The second-order valence-corrected chi connectivity index (χ2v) is 10.7. The van der Waals surface area contributed by atoms with Crippen LogP contribution in [-0.2, 0) is 27.2 Å². The normalized spacial score (nSPS) is 19.6. The molecule has 1 aliphatic heterocycles. The molecular weight excluding hydrogens is 484 g/mol. The Morgan fingerprint density at radius 1 is 1.14 bits per heavy atom. The lowest BCUT2D eigenvalue weighted by Crippen LogP contribution is -2.35. The van der Waals surface area contributed by atoms with Crippen LogP contribution in [0.5, 0.6) is 0 Å². The molecule has 0 unspecified atom stereocenters. The maximum absolute atomic E-state index is 13.9. The molecule has 1 amide bonds. The van der Waals surface area contributed by atoms with Crippen LogP contribution in [-0.4, -0.2) is 24.8 Å². The number of nitrogens with one attached hydrogen (secondary N) is 2. The van der Waals surface area contributed by atoms with Crippen molar-refractivity contribution in [2.45, 2.75) is 57.8 Å². The fourth-order valence-corrected chi connectivity index (χ4v) is 6.92. The van der Waals surface area contributed by atoms with Crippen LogP contribution in [0, 0.1) is 0 Å². The summed E-state index contributed by atoms with van der Waals surface area (Å²) in [6, 6.07) is 7.33. The van der Waals surface area contributed by atoms with Gasteiger partial charge in [0.05, 0.1) is 12.7 Å². The van der Waals surface area contributed by atoms with Crippen molar-refractivity contribution < 1.29 is 19.1 Å². The van der Waals surface area contributed by atoms with Crippen molar-refractivity contribution in [2.75, 3.05) is 12.4 Å². The molecule has 1 aromatic carbocycles. The number of benzene rings is 1. The van der Waals surface area contributed by atoms with Gasteiger partial charge in [0.1, 0.15) is 5.00 Å². The van der Waals surface area contributed by atoms with Crippen molar-refractivity contribution in [3.05, 3.63) is 73.4 Å². The molecule has 2 aromatic rings. The summed E-state index contributed by atoms with van der Waals surface area (Å²) in [6.07, 6.45) is 5.75. The lowest BCUT2D eigenvalue weighted by molar-refractivity contribution is -0.116. The summed E-state index contributed by atoms with van der Waals surface area (Å²) in [6.45, 7) is 1.86. The third-order valence-electron chi connectivity index (χ3n) is 6.99. The second kappa shape index (κ2) is 9.63. The van der Waals surface area contributed by atoms with E-state index >= 15 is 0 Å².